The van der Waals surface area contributed by atoms with Gasteiger partial charge in [-0.3, -0.25) is 0 Å². The molecular formula is C18H15ClN2. The van der Waals surface area contributed by atoms with E-state index in [1.165, 1.54) is 11.1 Å². The molecule has 3 rings (SSSR count). The molecule has 2 nitrogen and oxygen atoms in total. The molecule has 0 bridgehead atoms. The standard InChI is InChI=1S/C18H15ClN2/c1-12-8-13(2)10-15(9-12)18-20-16(11-17(19)21-18)14-6-4-3-5-7-14/h3-11H,1-2H3. The quantitative estimate of drug-likeness (QED) is 0.616. The predicted molar refractivity (Wildman–Crippen MR) is 87.4 cm³/mol. The first kappa shape index (κ1) is 13.8. The molecule has 21 heavy (non-hydrogen) atoms. The highest BCUT2D eigenvalue weighted by Crippen LogP contribution is 2.25. The Kier molecular flexibility index (Phi) is 3.72. The lowest BCUT2D eigenvalue weighted by Crippen LogP contribution is -1.94. The molecule has 3 heteroatoms. The fourth-order valence-electron chi connectivity index (χ4n) is 2.41. The average molecular weight is 295 g/mol. The second-order valence-corrected chi connectivity index (χ2v) is 5.53. The maximum Gasteiger partial charge on any atom is 0.161 e. The van der Waals surface area contributed by atoms with Crippen LogP contribution in [0, 0.1) is 13.8 Å². The van der Waals surface area contributed by atoms with Gasteiger partial charge in [-0.05, 0) is 26.0 Å². The summed E-state index contributed by atoms with van der Waals surface area (Å²) in [6, 6.07) is 18.1. The fraction of sp³-hybridized carbons (Fsp3) is 0.111. The number of rotatable bonds is 2. The molecular weight excluding hydrogens is 280 g/mol. The van der Waals surface area contributed by atoms with E-state index in [1.54, 1.807) is 6.07 Å². The lowest BCUT2D eigenvalue weighted by Gasteiger charge is -2.07. The zero-order valence-electron chi connectivity index (χ0n) is 12.0. The molecule has 1 heterocycles. The van der Waals surface area contributed by atoms with Crippen molar-refractivity contribution in [2.75, 3.05) is 0 Å². The van der Waals surface area contributed by atoms with E-state index in [0.29, 0.717) is 11.0 Å². The molecule has 0 aliphatic carbocycles. The summed E-state index contributed by atoms with van der Waals surface area (Å²) in [5.74, 6) is 0.660. The van der Waals surface area contributed by atoms with E-state index < -0.39 is 0 Å². The average Bonchev–Trinajstić information content (AvgIpc) is 2.46. The predicted octanol–water partition coefficient (Wildman–Crippen LogP) is 5.08. The Labute approximate surface area is 129 Å². The lowest BCUT2D eigenvalue weighted by atomic mass is 10.1. The van der Waals surface area contributed by atoms with E-state index in [2.05, 4.69) is 42.0 Å². The van der Waals surface area contributed by atoms with Gasteiger partial charge in [-0.1, -0.05) is 59.1 Å². The van der Waals surface area contributed by atoms with Crippen LogP contribution >= 0.6 is 11.6 Å². The Bertz CT molecular complexity index is 762. The summed E-state index contributed by atoms with van der Waals surface area (Å²) >= 11 is 6.18. The monoisotopic (exact) mass is 294 g/mol. The van der Waals surface area contributed by atoms with E-state index in [-0.39, 0.29) is 0 Å². The smallest absolute Gasteiger partial charge is 0.161 e. The molecule has 0 atom stereocenters. The topological polar surface area (TPSA) is 25.8 Å². The SMILES string of the molecule is Cc1cc(C)cc(-c2nc(Cl)cc(-c3ccccc3)n2)c1. The summed E-state index contributed by atoms with van der Waals surface area (Å²) in [6.45, 7) is 4.14. The van der Waals surface area contributed by atoms with Crippen LogP contribution in [0.15, 0.2) is 54.6 Å². The van der Waals surface area contributed by atoms with E-state index >= 15 is 0 Å². The normalized spacial score (nSPS) is 10.6. The van der Waals surface area contributed by atoms with Crippen LogP contribution in [0.2, 0.25) is 5.15 Å². The summed E-state index contributed by atoms with van der Waals surface area (Å²) in [5.41, 5.74) is 5.24. The fourth-order valence-corrected chi connectivity index (χ4v) is 2.59. The molecule has 104 valence electrons. The molecule has 0 aliphatic heterocycles. The minimum absolute atomic E-state index is 0.456. The second-order valence-electron chi connectivity index (χ2n) is 5.14. The van der Waals surface area contributed by atoms with Crippen LogP contribution in [0.3, 0.4) is 0 Å². The molecule has 0 saturated heterocycles. The Morgan fingerprint density at radius 2 is 1.43 bits per heavy atom. The molecule has 0 amide bonds. The van der Waals surface area contributed by atoms with Crippen LogP contribution in [-0.2, 0) is 0 Å². The van der Waals surface area contributed by atoms with E-state index in [1.807, 2.05) is 30.3 Å². The van der Waals surface area contributed by atoms with Crippen LogP contribution < -0.4 is 0 Å². The number of hydrogen-bond donors (Lipinski definition) is 0. The third kappa shape index (κ3) is 3.11. The summed E-state index contributed by atoms with van der Waals surface area (Å²) in [6.07, 6.45) is 0. The van der Waals surface area contributed by atoms with Crippen molar-refractivity contribution in [1.29, 1.82) is 0 Å². The summed E-state index contributed by atoms with van der Waals surface area (Å²) < 4.78 is 0. The van der Waals surface area contributed by atoms with Crippen molar-refractivity contribution in [2.45, 2.75) is 13.8 Å². The Morgan fingerprint density at radius 1 is 0.762 bits per heavy atom. The van der Waals surface area contributed by atoms with E-state index in [0.717, 1.165) is 16.8 Å². The van der Waals surface area contributed by atoms with Gasteiger partial charge in [-0.25, -0.2) is 9.97 Å². The second kappa shape index (κ2) is 5.66. The van der Waals surface area contributed by atoms with Gasteiger partial charge in [0.15, 0.2) is 5.82 Å². The highest BCUT2D eigenvalue weighted by molar-refractivity contribution is 6.29. The van der Waals surface area contributed by atoms with Crippen molar-refractivity contribution in [3.63, 3.8) is 0 Å². The Hall–Kier alpha value is -2.19. The maximum absolute atomic E-state index is 6.18. The van der Waals surface area contributed by atoms with Crippen molar-refractivity contribution in [3.05, 3.63) is 70.9 Å². The molecule has 0 radical (unpaired) electrons. The molecule has 1 aromatic heterocycles. The number of halogens is 1. The van der Waals surface area contributed by atoms with E-state index in [9.17, 15) is 0 Å². The molecule has 2 aromatic carbocycles. The Balaban J connectivity index is 2.14. The van der Waals surface area contributed by atoms with Gasteiger partial charge >= 0.3 is 0 Å². The highest BCUT2D eigenvalue weighted by atomic mass is 35.5. The van der Waals surface area contributed by atoms with Crippen LogP contribution in [0.5, 0.6) is 0 Å². The summed E-state index contributed by atoms with van der Waals surface area (Å²) in [4.78, 5) is 9.03. The van der Waals surface area contributed by atoms with Gasteiger partial charge in [-0.2, -0.15) is 0 Å². The third-order valence-electron chi connectivity index (χ3n) is 3.24. The van der Waals surface area contributed by atoms with Crippen molar-refractivity contribution < 1.29 is 0 Å². The number of benzene rings is 2. The summed E-state index contributed by atoms with van der Waals surface area (Å²) in [5, 5.41) is 0.456. The zero-order valence-corrected chi connectivity index (χ0v) is 12.7. The number of aromatic nitrogens is 2. The van der Waals surface area contributed by atoms with Crippen molar-refractivity contribution in [1.82, 2.24) is 9.97 Å². The van der Waals surface area contributed by atoms with Gasteiger partial charge in [0.25, 0.3) is 0 Å². The van der Waals surface area contributed by atoms with Gasteiger partial charge in [0.05, 0.1) is 5.69 Å². The van der Waals surface area contributed by atoms with Crippen molar-refractivity contribution in [3.8, 4) is 22.6 Å². The van der Waals surface area contributed by atoms with Gasteiger partial charge in [0.1, 0.15) is 5.15 Å². The maximum atomic E-state index is 6.18. The van der Waals surface area contributed by atoms with Crippen LogP contribution in [0.4, 0.5) is 0 Å². The van der Waals surface area contributed by atoms with Gasteiger partial charge < -0.3 is 0 Å². The number of nitrogens with zero attached hydrogens (tertiary/aromatic N) is 2. The molecule has 0 unspecified atom stereocenters. The molecule has 0 fully saturated rings. The van der Waals surface area contributed by atoms with Crippen LogP contribution in [0.25, 0.3) is 22.6 Å². The minimum Gasteiger partial charge on any atom is -0.228 e. The number of hydrogen-bond acceptors (Lipinski definition) is 2. The first-order chi connectivity index (χ1) is 10.1. The molecule has 0 saturated carbocycles. The van der Waals surface area contributed by atoms with Gasteiger partial charge in [0, 0.05) is 17.2 Å². The largest absolute Gasteiger partial charge is 0.228 e. The minimum atomic E-state index is 0.456. The lowest BCUT2D eigenvalue weighted by molar-refractivity contribution is 1.17. The molecule has 3 aromatic rings. The summed E-state index contributed by atoms with van der Waals surface area (Å²) in [7, 11) is 0. The third-order valence-corrected chi connectivity index (χ3v) is 3.44. The zero-order chi connectivity index (χ0) is 14.8. The highest BCUT2D eigenvalue weighted by Gasteiger charge is 2.08. The van der Waals surface area contributed by atoms with E-state index in [4.69, 9.17) is 11.6 Å². The van der Waals surface area contributed by atoms with Crippen LogP contribution in [0.1, 0.15) is 11.1 Å². The van der Waals surface area contributed by atoms with Gasteiger partial charge in [-0.15, -0.1) is 0 Å². The number of aryl methyl sites for hydroxylation is 2. The first-order valence-corrected chi connectivity index (χ1v) is 7.18. The molecule has 0 N–H and O–H groups in total. The molecule has 0 spiro atoms. The van der Waals surface area contributed by atoms with Crippen molar-refractivity contribution >= 4 is 11.6 Å². The van der Waals surface area contributed by atoms with Crippen LogP contribution in [-0.4, -0.2) is 9.97 Å². The molecule has 0 aliphatic rings. The van der Waals surface area contributed by atoms with Gasteiger partial charge in [0.2, 0.25) is 0 Å². The Morgan fingerprint density at radius 3 is 2.10 bits per heavy atom. The first-order valence-electron chi connectivity index (χ1n) is 6.80. The van der Waals surface area contributed by atoms with Crippen molar-refractivity contribution in [2.24, 2.45) is 0 Å².